The van der Waals surface area contributed by atoms with Crippen LogP contribution < -0.4 is 5.32 Å². The summed E-state index contributed by atoms with van der Waals surface area (Å²) >= 11 is 3.12. The van der Waals surface area contributed by atoms with Crippen molar-refractivity contribution in [3.05, 3.63) is 69.4 Å². The molecule has 1 atom stereocenters. The molecule has 1 N–H and O–H groups in total. The molecule has 0 radical (unpaired) electrons. The van der Waals surface area contributed by atoms with Crippen LogP contribution in [0.2, 0.25) is 0 Å². The van der Waals surface area contributed by atoms with Gasteiger partial charge in [0.1, 0.15) is 5.82 Å². The summed E-state index contributed by atoms with van der Waals surface area (Å²) in [6.07, 6.45) is 2.84. The minimum Gasteiger partial charge on any atom is -0.452 e. The zero-order chi connectivity index (χ0) is 17.8. The highest BCUT2D eigenvalue weighted by Gasteiger charge is 2.22. The average Bonchev–Trinajstić information content (AvgIpc) is 2.60. The van der Waals surface area contributed by atoms with Gasteiger partial charge in [0.2, 0.25) is 0 Å². The Bertz CT molecular complexity index is 809. The number of halogens is 2. The summed E-state index contributed by atoms with van der Waals surface area (Å²) in [5.74, 6) is -1.95. The lowest BCUT2D eigenvalue weighted by Gasteiger charge is -2.26. The lowest BCUT2D eigenvalue weighted by molar-refractivity contribution is -0.125. The van der Waals surface area contributed by atoms with Gasteiger partial charge in [0, 0.05) is 4.47 Å². The molecular weight excluding hydrogens is 389 g/mol. The van der Waals surface area contributed by atoms with Crippen LogP contribution >= 0.6 is 15.9 Å². The van der Waals surface area contributed by atoms with Crippen LogP contribution in [0.1, 0.15) is 40.4 Å². The first-order valence-electron chi connectivity index (χ1n) is 8.04. The standard InChI is InChI=1S/C19H17BrFNO3/c20-13-8-9-15(16(21)10-13)19(24)25-11-18(23)22-17-7-3-5-12-4-1-2-6-14(12)17/h1-2,4,6,8-10,17H,3,5,7,11H2,(H,22,23)/t17-/m1/s1. The molecule has 0 aliphatic heterocycles. The first kappa shape index (κ1) is 17.6. The Morgan fingerprint density at radius 1 is 1.24 bits per heavy atom. The molecule has 2 aromatic carbocycles. The van der Waals surface area contributed by atoms with Gasteiger partial charge in [0.25, 0.3) is 5.91 Å². The maximum absolute atomic E-state index is 13.7. The number of amides is 1. The predicted octanol–water partition coefficient (Wildman–Crippen LogP) is 3.94. The third kappa shape index (κ3) is 4.25. The number of aryl methyl sites for hydroxylation is 1. The molecule has 25 heavy (non-hydrogen) atoms. The number of benzene rings is 2. The summed E-state index contributed by atoms with van der Waals surface area (Å²) in [7, 11) is 0. The molecule has 0 unspecified atom stereocenters. The van der Waals surface area contributed by atoms with E-state index in [1.807, 2.05) is 18.2 Å². The molecule has 0 heterocycles. The van der Waals surface area contributed by atoms with Crippen molar-refractivity contribution in [3.8, 4) is 0 Å². The quantitative estimate of drug-likeness (QED) is 0.783. The molecule has 1 aliphatic rings. The number of esters is 1. The van der Waals surface area contributed by atoms with Crippen LogP contribution in [0, 0.1) is 5.82 Å². The Hall–Kier alpha value is -2.21. The fourth-order valence-electron chi connectivity index (χ4n) is 3.00. The highest BCUT2D eigenvalue weighted by atomic mass is 79.9. The van der Waals surface area contributed by atoms with Crippen LogP contribution in [0.3, 0.4) is 0 Å². The van der Waals surface area contributed by atoms with E-state index in [2.05, 4.69) is 27.3 Å². The van der Waals surface area contributed by atoms with Gasteiger partial charge >= 0.3 is 5.97 Å². The number of hydrogen-bond acceptors (Lipinski definition) is 3. The number of carbonyl (C=O) groups is 2. The maximum Gasteiger partial charge on any atom is 0.341 e. The molecular formula is C19H17BrFNO3. The molecule has 0 fully saturated rings. The fraction of sp³-hybridized carbons (Fsp3) is 0.263. The smallest absolute Gasteiger partial charge is 0.341 e. The van der Waals surface area contributed by atoms with Crippen molar-refractivity contribution in [1.29, 1.82) is 0 Å². The summed E-state index contributed by atoms with van der Waals surface area (Å²) in [6.45, 7) is -0.437. The van der Waals surface area contributed by atoms with E-state index < -0.39 is 24.3 Å². The first-order valence-corrected chi connectivity index (χ1v) is 8.83. The minimum absolute atomic E-state index is 0.0828. The summed E-state index contributed by atoms with van der Waals surface area (Å²) < 4.78 is 19.2. The second-order valence-corrected chi connectivity index (χ2v) is 6.83. The van der Waals surface area contributed by atoms with Crippen LogP contribution in [0.4, 0.5) is 4.39 Å². The van der Waals surface area contributed by atoms with Crippen LogP contribution in [-0.2, 0) is 16.0 Å². The Balaban J connectivity index is 1.58. The summed E-state index contributed by atoms with van der Waals surface area (Å²) in [5.41, 5.74) is 2.14. The molecule has 0 spiro atoms. The lowest BCUT2D eigenvalue weighted by Crippen LogP contribution is -2.34. The maximum atomic E-state index is 13.7. The molecule has 2 aromatic rings. The largest absolute Gasteiger partial charge is 0.452 e. The zero-order valence-electron chi connectivity index (χ0n) is 13.4. The Kier molecular flexibility index (Phi) is 5.48. The van der Waals surface area contributed by atoms with E-state index >= 15 is 0 Å². The van der Waals surface area contributed by atoms with Gasteiger partial charge in [0.15, 0.2) is 6.61 Å². The van der Waals surface area contributed by atoms with Gasteiger partial charge < -0.3 is 10.1 Å². The number of hydrogen-bond donors (Lipinski definition) is 1. The van der Waals surface area contributed by atoms with Crippen LogP contribution in [0.15, 0.2) is 46.9 Å². The predicted molar refractivity (Wildman–Crippen MR) is 94.6 cm³/mol. The lowest BCUT2D eigenvalue weighted by atomic mass is 9.88. The third-order valence-corrected chi connectivity index (χ3v) is 4.68. The van der Waals surface area contributed by atoms with Crippen molar-refractivity contribution < 1.29 is 18.7 Å². The molecule has 0 aromatic heterocycles. The van der Waals surface area contributed by atoms with Crippen LogP contribution in [0.5, 0.6) is 0 Å². The molecule has 0 saturated carbocycles. The number of carbonyl (C=O) groups excluding carboxylic acids is 2. The van der Waals surface area contributed by atoms with Crippen molar-refractivity contribution in [2.45, 2.75) is 25.3 Å². The minimum atomic E-state index is -0.857. The van der Waals surface area contributed by atoms with E-state index in [4.69, 9.17) is 4.74 Å². The van der Waals surface area contributed by atoms with Gasteiger partial charge in [-0.1, -0.05) is 40.2 Å². The van der Waals surface area contributed by atoms with E-state index in [0.29, 0.717) is 4.47 Å². The molecule has 1 aliphatic carbocycles. The number of nitrogens with one attached hydrogen (secondary N) is 1. The van der Waals surface area contributed by atoms with Crippen molar-refractivity contribution >= 4 is 27.8 Å². The third-order valence-electron chi connectivity index (χ3n) is 4.19. The summed E-state index contributed by atoms with van der Waals surface area (Å²) in [4.78, 5) is 24.0. The number of rotatable bonds is 4. The molecule has 0 saturated heterocycles. The Labute approximate surface area is 153 Å². The Morgan fingerprint density at radius 3 is 2.84 bits per heavy atom. The molecule has 0 bridgehead atoms. The van der Waals surface area contributed by atoms with Crippen LogP contribution in [-0.4, -0.2) is 18.5 Å². The fourth-order valence-corrected chi connectivity index (χ4v) is 3.34. The molecule has 3 rings (SSSR count). The highest BCUT2D eigenvalue weighted by Crippen LogP contribution is 2.29. The molecule has 4 nitrogen and oxygen atoms in total. The second kappa shape index (κ2) is 7.78. The topological polar surface area (TPSA) is 55.4 Å². The van der Waals surface area contributed by atoms with Crippen molar-refractivity contribution in [2.75, 3.05) is 6.61 Å². The van der Waals surface area contributed by atoms with E-state index in [-0.39, 0.29) is 11.6 Å². The van der Waals surface area contributed by atoms with E-state index in [1.54, 1.807) is 6.07 Å². The number of ether oxygens (including phenoxy) is 1. The van der Waals surface area contributed by atoms with Crippen molar-refractivity contribution in [3.63, 3.8) is 0 Å². The molecule has 6 heteroatoms. The van der Waals surface area contributed by atoms with Crippen LogP contribution in [0.25, 0.3) is 0 Å². The zero-order valence-corrected chi connectivity index (χ0v) is 15.0. The molecule has 1 amide bonds. The van der Waals surface area contributed by atoms with Gasteiger partial charge in [-0.2, -0.15) is 0 Å². The summed E-state index contributed by atoms with van der Waals surface area (Å²) in [6, 6.07) is 11.9. The summed E-state index contributed by atoms with van der Waals surface area (Å²) in [5, 5.41) is 2.89. The Morgan fingerprint density at radius 2 is 2.04 bits per heavy atom. The molecule has 130 valence electrons. The van der Waals surface area contributed by atoms with E-state index in [1.165, 1.54) is 17.7 Å². The monoisotopic (exact) mass is 405 g/mol. The normalized spacial score (nSPS) is 16.0. The number of fused-ring (bicyclic) bond motifs is 1. The highest BCUT2D eigenvalue weighted by molar-refractivity contribution is 9.10. The van der Waals surface area contributed by atoms with Gasteiger partial charge in [-0.05, 0) is 48.6 Å². The first-order chi connectivity index (χ1) is 12.0. The van der Waals surface area contributed by atoms with Gasteiger partial charge in [-0.3, -0.25) is 4.79 Å². The average molecular weight is 406 g/mol. The SMILES string of the molecule is O=C(COC(=O)c1ccc(Br)cc1F)N[C@@H]1CCCc2ccccc21. The van der Waals surface area contributed by atoms with Crippen molar-refractivity contribution in [2.24, 2.45) is 0 Å². The van der Waals surface area contributed by atoms with Crippen molar-refractivity contribution in [1.82, 2.24) is 5.32 Å². The van der Waals surface area contributed by atoms with Gasteiger partial charge in [-0.25, -0.2) is 9.18 Å². The van der Waals surface area contributed by atoms with E-state index in [9.17, 15) is 14.0 Å². The second-order valence-electron chi connectivity index (χ2n) is 5.91. The van der Waals surface area contributed by atoms with E-state index in [0.717, 1.165) is 24.8 Å². The van der Waals surface area contributed by atoms with Gasteiger partial charge in [0.05, 0.1) is 11.6 Å². The van der Waals surface area contributed by atoms with Gasteiger partial charge in [-0.15, -0.1) is 0 Å².